The molecule has 1 aromatic heterocycles. The number of nitro benzene ring substituents is 1. The minimum atomic E-state index is -0.833. The number of amides is 2. The molecular weight excluding hydrogens is 496 g/mol. The van der Waals surface area contributed by atoms with E-state index in [1.165, 1.54) is 19.1 Å². The zero-order valence-corrected chi connectivity index (χ0v) is 21.4. The highest BCUT2D eigenvalue weighted by Gasteiger charge is 2.36. The Kier molecular flexibility index (Phi) is 7.00. The number of H-pyrrole nitrogens is 1. The van der Waals surface area contributed by atoms with Crippen LogP contribution in [0, 0.1) is 17.0 Å². The summed E-state index contributed by atoms with van der Waals surface area (Å²) in [4.78, 5) is 47.7. The van der Waals surface area contributed by atoms with Crippen molar-refractivity contribution in [2.75, 3.05) is 11.9 Å². The molecule has 0 bridgehead atoms. The van der Waals surface area contributed by atoms with Crippen molar-refractivity contribution in [2.24, 2.45) is 4.99 Å². The lowest BCUT2D eigenvalue weighted by Crippen LogP contribution is -2.23. The SMILES string of the molecule is CC(=O)NCCc1ccc(C(=Nc2ccc(-c3cnc(C)[nH]3)cc2)C2C(=O)Nc3ccc([N+](=O)[O-])cc32)cc1. The van der Waals surface area contributed by atoms with Crippen LogP contribution in [0.25, 0.3) is 11.3 Å². The molecule has 196 valence electrons. The molecule has 0 radical (unpaired) electrons. The summed E-state index contributed by atoms with van der Waals surface area (Å²) in [7, 11) is 0. The molecule has 1 aliphatic rings. The lowest BCUT2D eigenvalue weighted by atomic mass is 9.90. The maximum Gasteiger partial charge on any atom is 0.269 e. The molecule has 3 aromatic carbocycles. The highest BCUT2D eigenvalue weighted by molar-refractivity contribution is 6.24. The number of benzene rings is 3. The van der Waals surface area contributed by atoms with Crippen LogP contribution in [0.4, 0.5) is 17.1 Å². The molecule has 0 aliphatic carbocycles. The van der Waals surface area contributed by atoms with Crippen LogP contribution < -0.4 is 10.6 Å². The zero-order chi connectivity index (χ0) is 27.5. The van der Waals surface area contributed by atoms with Crippen LogP contribution in [0.15, 0.2) is 77.9 Å². The molecule has 0 spiro atoms. The maximum absolute atomic E-state index is 13.2. The molecular formula is C29H26N6O4. The summed E-state index contributed by atoms with van der Waals surface area (Å²) in [5.41, 5.74) is 5.60. The number of hydrogen-bond acceptors (Lipinski definition) is 6. The van der Waals surface area contributed by atoms with Gasteiger partial charge >= 0.3 is 0 Å². The molecule has 1 atom stereocenters. The third-order valence-corrected chi connectivity index (χ3v) is 6.52. The van der Waals surface area contributed by atoms with Gasteiger partial charge in [-0.15, -0.1) is 0 Å². The molecule has 10 heteroatoms. The lowest BCUT2D eigenvalue weighted by Gasteiger charge is -2.15. The van der Waals surface area contributed by atoms with Gasteiger partial charge in [-0.05, 0) is 48.2 Å². The molecule has 10 nitrogen and oxygen atoms in total. The van der Waals surface area contributed by atoms with Gasteiger partial charge in [0.1, 0.15) is 11.7 Å². The van der Waals surface area contributed by atoms with Crippen molar-refractivity contribution in [2.45, 2.75) is 26.2 Å². The average Bonchev–Trinajstić information content (AvgIpc) is 3.49. The lowest BCUT2D eigenvalue weighted by molar-refractivity contribution is -0.384. The molecule has 1 unspecified atom stereocenters. The predicted octanol–water partition coefficient (Wildman–Crippen LogP) is 4.83. The van der Waals surface area contributed by atoms with Crippen LogP contribution >= 0.6 is 0 Å². The Labute approximate surface area is 224 Å². The van der Waals surface area contributed by atoms with Gasteiger partial charge in [-0.1, -0.05) is 36.4 Å². The minimum absolute atomic E-state index is 0.0882. The molecule has 2 amide bonds. The van der Waals surface area contributed by atoms with Crippen molar-refractivity contribution >= 4 is 34.6 Å². The van der Waals surface area contributed by atoms with Crippen molar-refractivity contribution in [1.82, 2.24) is 15.3 Å². The zero-order valence-electron chi connectivity index (χ0n) is 21.4. The van der Waals surface area contributed by atoms with Crippen LogP contribution in [-0.2, 0) is 16.0 Å². The van der Waals surface area contributed by atoms with Gasteiger partial charge in [-0.25, -0.2) is 4.98 Å². The fourth-order valence-electron chi connectivity index (χ4n) is 4.58. The number of fused-ring (bicyclic) bond motifs is 1. The standard InChI is InChI=1S/C29H26N6O4/c1-17-31-16-26(32-17)20-7-9-22(10-8-20)33-28(21-5-3-19(4-6-21)13-14-30-18(2)36)27-24-15-23(35(38)39)11-12-25(24)34-29(27)37/h3-12,15-16,27H,13-14H2,1-2H3,(H,30,36)(H,31,32)(H,34,37). The van der Waals surface area contributed by atoms with E-state index in [0.29, 0.717) is 41.2 Å². The van der Waals surface area contributed by atoms with Crippen molar-refractivity contribution < 1.29 is 14.5 Å². The van der Waals surface area contributed by atoms with E-state index in [2.05, 4.69) is 20.6 Å². The van der Waals surface area contributed by atoms with Crippen LogP contribution in [0.1, 0.15) is 35.4 Å². The van der Waals surface area contributed by atoms with E-state index in [1.54, 1.807) is 12.3 Å². The Morgan fingerprint density at radius 1 is 1.10 bits per heavy atom. The summed E-state index contributed by atoms with van der Waals surface area (Å²) in [6.45, 7) is 3.87. The summed E-state index contributed by atoms with van der Waals surface area (Å²) in [6.07, 6.45) is 2.42. The number of aromatic amines is 1. The molecule has 2 heterocycles. The van der Waals surface area contributed by atoms with E-state index in [4.69, 9.17) is 4.99 Å². The number of anilines is 1. The second-order valence-electron chi connectivity index (χ2n) is 9.31. The Morgan fingerprint density at radius 3 is 2.49 bits per heavy atom. The second kappa shape index (κ2) is 10.7. The molecule has 1 aliphatic heterocycles. The first kappa shape index (κ1) is 25.5. The first-order valence-electron chi connectivity index (χ1n) is 12.4. The van der Waals surface area contributed by atoms with Gasteiger partial charge in [0.25, 0.3) is 5.69 Å². The molecule has 0 fully saturated rings. The van der Waals surface area contributed by atoms with Crippen molar-refractivity contribution in [3.05, 3.63) is 106 Å². The topological polar surface area (TPSA) is 142 Å². The Morgan fingerprint density at radius 2 is 1.85 bits per heavy atom. The summed E-state index contributed by atoms with van der Waals surface area (Å²) < 4.78 is 0. The van der Waals surface area contributed by atoms with Crippen molar-refractivity contribution in [3.8, 4) is 11.3 Å². The highest BCUT2D eigenvalue weighted by atomic mass is 16.6. The normalized spacial score (nSPS) is 14.6. The second-order valence-corrected chi connectivity index (χ2v) is 9.31. The number of carbonyl (C=O) groups is 2. The first-order valence-corrected chi connectivity index (χ1v) is 12.4. The number of imidazole rings is 1. The van der Waals surface area contributed by atoms with E-state index in [1.807, 2.05) is 55.5 Å². The Hall–Kier alpha value is -5.12. The fourth-order valence-corrected chi connectivity index (χ4v) is 4.58. The quantitative estimate of drug-likeness (QED) is 0.173. The van der Waals surface area contributed by atoms with Gasteiger partial charge < -0.3 is 15.6 Å². The summed E-state index contributed by atoms with van der Waals surface area (Å²) >= 11 is 0. The van der Waals surface area contributed by atoms with Crippen molar-refractivity contribution in [1.29, 1.82) is 0 Å². The number of nitrogens with one attached hydrogen (secondary N) is 3. The average molecular weight is 523 g/mol. The maximum atomic E-state index is 13.2. The van der Waals surface area contributed by atoms with Gasteiger partial charge in [-0.3, -0.25) is 24.7 Å². The number of rotatable bonds is 8. The Bertz CT molecular complexity index is 1590. The molecule has 3 N–H and O–H groups in total. The first-order chi connectivity index (χ1) is 18.8. The molecule has 4 aromatic rings. The van der Waals surface area contributed by atoms with Crippen LogP contribution in [-0.4, -0.2) is 39.0 Å². The molecule has 39 heavy (non-hydrogen) atoms. The number of nitrogens with zero attached hydrogens (tertiary/aromatic N) is 3. The van der Waals surface area contributed by atoms with E-state index < -0.39 is 10.8 Å². The van der Waals surface area contributed by atoms with Gasteiger partial charge in [0.15, 0.2) is 0 Å². The number of aliphatic imine (C=N–C) groups is 1. The fraction of sp³-hybridized carbons (Fsp3) is 0.172. The summed E-state index contributed by atoms with van der Waals surface area (Å²) in [5, 5.41) is 17.1. The third-order valence-electron chi connectivity index (χ3n) is 6.52. The highest BCUT2D eigenvalue weighted by Crippen LogP contribution is 2.38. The van der Waals surface area contributed by atoms with Gasteiger partial charge in [0.2, 0.25) is 11.8 Å². The molecule has 5 rings (SSSR count). The number of hydrogen-bond donors (Lipinski definition) is 3. The van der Waals surface area contributed by atoms with Crippen LogP contribution in [0.2, 0.25) is 0 Å². The van der Waals surface area contributed by atoms with E-state index >= 15 is 0 Å². The van der Waals surface area contributed by atoms with Crippen molar-refractivity contribution in [3.63, 3.8) is 0 Å². The third kappa shape index (κ3) is 5.59. The van der Waals surface area contributed by atoms with Gasteiger partial charge in [0, 0.05) is 36.9 Å². The predicted molar refractivity (Wildman–Crippen MR) is 148 cm³/mol. The van der Waals surface area contributed by atoms with E-state index in [-0.39, 0.29) is 17.5 Å². The summed E-state index contributed by atoms with van der Waals surface area (Å²) in [5.74, 6) is -0.409. The number of aryl methyl sites for hydroxylation is 1. The summed E-state index contributed by atoms with van der Waals surface area (Å²) in [6, 6.07) is 19.5. The minimum Gasteiger partial charge on any atom is -0.356 e. The smallest absolute Gasteiger partial charge is 0.269 e. The number of non-ortho nitro benzene ring substituents is 1. The van der Waals surface area contributed by atoms with Gasteiger partial charge in [-0.2, -0.15) is 0 Å². The van der Waals surface area contributed by atoms with E-state index in [9.17, 15) is 19.7 Å². The van der Waals surface area contributed by atoms with E-state index in [0.717, 1.165) is 22.6 Å². The largest absolute Gasteiger partial charge is 0.356 e. The number of carbonyl (C=O) groups excluding carboxylic acids is 2. The monoisotopic (exact) mass is 522 g/mol. The number of nitro groups is 1. The van der Waals surface area contributed by atoms with Gasteiger partial charge in [0.05, 0.1) is 28.2 Å². The molecule has 0 saturated heterocycles. The van der Waals surface area contributed by atoms with Crippen LogP contribution in [0.3, 0.4) is 0 Å². The molecule has 0 saturated carbocycles. The Balaban J connectivity index is 1.54. The van der Waals surface area contributed by atoms with Crippen LogP contribution in [0.5, 0.6) is 0 Å². The number of aromatic nitrogens is 2.